The predicted molar refractivity (Wildman–Crippen MR) is 119 cm³/mol. The van der Waals surface area contributed by atoms with Crippen molar-refractivity contribution in [1.29, 1.82) is 0 Å². The third kappa shape index (κ3) is 5.87. The van der Waals surface area contributed by atoms with Crippen LogP contribution in [-0.2, 0) is 17.8 Å². The molecule has 166 valence electrons. The zero-order valence-corrected chi connectivity index (χ0v) is 18.1. The summed E-state index contributed by atoms with van der Waals surface area (Å²) in [5.41, 5.74) is 3.18. The smallest absolute Gasteiger partial charge is 0.269 e. The van der Waals surface area contributed by atoms with E-state index in [0.29, 0.717) is 45.7 Å². The first kappa shape index (κ1) is 22.4. The van der Waals surface area contributed by atoms with Crippen LogP contribution < -0.4 is 14.8 Å². The minimum atomic E-state index is -0.422. The summed E-state index contributed by atoms with van der Waals surface area (Å²) in [6.45, 7) is 6.93. The largest absolute Gasteiger partial charge is 0.490 e. The van der Waals surface area contributed by atoms with Crippen molar-refractivity contribution in [1.82, 2.24) is 4.90 Å². The number of nitrogens with one attached hydrogen (secondary N) is 1. The van der Waals surface area contributed by atoms with Crippen LogP contribution in [0.3, 0.4) is 0 Å². The molecule has 0 spiro atoms. The van der Waals surface area contributed by atoms with E-state index in [2.05, 4.69) is 5.32 Å². The van der Waals surface area contributed by atoms with E-state index in [-0.39, 0.29) is 11.6 Å². The summed E-state index contributed by atoms with van der Waals surface area (Å²) < 4.78 is 11.4. The number of benzene rings is 2. The van der Waals surface area contributed by atoms with Crippen molar-refractivity contribution in [3.05, 3.63) is 57.6 Å². The van der Waals surface area contributed by atoms with Crippen LogP contribution in [0.25, 0.3) is 0 Å². The number of fused-ring (bicyclic) bond motifs is 1. The highest BCUT2D eigenvalue weighted by molar-refractivity contribution is 5.76. The van der Waals surface area contributed by atoms with Crippen molar-refractivity contribution >= 4 is 17.3 Å². The number of nitro groups is 1. The molecule has 0 atom stereocenters. The summed E-state index contributed by atoms with van der Waals surface area (Å²) in [5, 5.41) is 13.9. The Bertz CT molecular complexity index is 914. The monoisotopic (exact) mass is 427 g/mol. The summed E-state index contributed by atoms with van der Waals surface area (Å²) in [7, 11) is 0. The van der Waals surface area contributed by atoms with E-state index in [4.69, 9.17) is 9.47 Å². The predicted octanol–water partition coefficient (Wildman–Crippen LogP) is 4.17. The molecule has 0 bridgehead atoms. The average Bonchev–Trinajstić information content (AvgIpc) is 2.77. The van der Waals surface area contributed by atoms with Gasteiger partial charge in [0.15, 0.2) is 11.5 Å². The van der Waals surface area contributed by atoms with Crippen LogP contribution in [0, 0.1) is 10.1 Å². The van der Waals surface area contributed by atoms with Gasteiger partial charge in [-0.15, -0.1) is 0 Å². The van der Waals surface area contributed by atoms with E-state index in [9.17, 15) is 14.9 Å². The maximum absolute atomic E-state index is 12.7. The molecule has 2 aromatic carbocycles. The molecule has 8 nitrogen and oxygen atoms in total. The van der Waals surface area contributed by atoms with Crippen molar-refractivity contribution in [2.45, 2.75) is 39.7 Å². The van der Waals surface area contributed by atoms with Crippen LogP contribution in [0.15, 0.2) is 36.4 Å². The maximum atomic E-state index is 12.7. The lowest BCUT2D eigenvalue weighted by Crippen LogP contribution is -2.36. The van der Waals surface area contributed by atoms with Crippen molar-refractivity contribution in [2.24, 2.45) is 0 Å². The number of anilines is 1. The Hall–Kier alpha value is -3.29. The normalized spacial score (nSPS) is 12.8. The van der Waals surface area contributed by atoms with Crippen molar-refractivity contribution < 1.29 is 19.2 Å². The number of hydrogen-bond donors (Lipinski definition) is 1. The standard InChI is InChI=1S/C23H29N3O5/c1-3-30-21-14-17-11-13-25(16-18(17)15-22(21)31-4-2)23(27)6-5-12-24-19-7-9-20(10-8-19)26(28)29/h7-10,14-15,24H,3-6,11-13,16H2,1-2H3. The minimum absolute atomic E-state index is 0.0620. The van der Waals surface area contributed by atoms with Gasteiger partial charge in [0.2, 0.25) is 5.91 Å². The van der Waals surface area contributed by atoms with Crippen molar-refractivity contribution in [3.63, 3.8) is 0 Å². The number of ether oxygens (including phenoxy) is 2. The number of nitro benzene ring substituents is 1. The van der Waals surface area contributed by atoms with Gasteiger partial charge in [-0.25, -0.2) is 0 Å². The van der Waals surface area contributed by atoms with E-state index in [1.807, 2.05) is 30.9 Å². The van der Waals surface area contributed by atoms with E-state index in [1.54, 1.807) is 12.1 Å². The van der Waals surface area contributed by atoms with Crippen LogP contribution in [-0.4, -0.2) is 42.0 Å². The Kier molecular flexibility index (Phi) is 7.70. The van der Waals surface area contributed by atoms with Gasteiger partial charge in [-0.05, 0) is 62.1 Å². The lowest BCUT2D eigenvalue weighted by molar-refractivity contribution is -0.384. The van der Waals surface area contributed by atoms with Gasteiger partial charge < -0.3 is 19.7 Å². The molecular formula is C23H29N3O5. The number of carbonyl (C=O) groups is 1. The molecule has 8 heteroatoms. The molecule has 1 amide bonds. The van der Waals surface area contributed by atoms with Crippen LogP contribution in [0.1, 0.15) is 37.8 Å². The SMILES string of the molecule is CCOc1cc2c(cc1OCC)CN(C(=O)CCCNc1ccc([N+](=O)[O-])cc1)CC2. The molecule has 0 saturated carbocycles. The molecule has 1 aliphatic heterocycles. The third-order valence-electron chi connectivity index (χ3n) is 5.21. The Morgan fingerprint density at radius 2 is 1.74 bits per heavy atom. The van der Waals surface area contributed by atoms with Gasteiger partial charge >= 0.3 is 0 Å². The molecule has 0 fully saturated rings. The molecule has 3 rings (SSSR count). The summed E-state index contributed by atoms with van der Waals surface area (Å²) in [5.74, 6) is 1.62. The fourth-order valence-electron chi connectivity index (χ4n) is 3.65. The lowest BCUT2D eigenvalue weighted by atomic mass is 9.98. The lowest BCUT2D eigenvalue weighted by Gasteiger charge is -2.30. The minimum Gasteiger partial charge on any atom is -0.490 e. The Morgan fingerprint density at radius 1 is 1.10 bits per heavy atom. The summed E-state index contributed by atoms with van der Waals surface area (Å²) in [6, 6.07) is 10.3. The highest BCUT2D eigenvalue weighted by atomic mass is 16.6. The van der Waals surface area contributed by atoms with Crippen LogP contribution in [0.2, 0.25) is 0 Å². The second-order valence-electron chi connectivity index (χ2n) is 7.33. The van der Waals surface area contributed by atoms with Crippen LogP contribution in [0.4, 0.5) is 11.4 Å². The first-order chi connectivity index (χ1) is 15.0. The Labute approximate surface area is 182 Å². The van der Waals surface area contributed by atoms with E-state index >= 15 is 0 Å². The van der Waals surface area contributed by atoms with Crippen molar-refractivity contribution in [3.8, 4) is 11.5 Å². The number of rotatable bonds is 10. The first-order valence-corrected chi connectivity index (χ1v) is 10.7. The van der Waals surface area contributed by atoms with E-state index in [0.717, 1.165) is 29.2 Å². The maximum Gasteiger partial charge on any atom is 0.269 e. The van der Waals surface area contributed by atoms with Gasteiger partial charge in [0.05, 0.1) is 18.1 Å². The van der Waals surface area contributed by atoms with Gasteiger partial charge in [-0.2, -0.15) is 0 Å². The second kappa shape index (κ2) is 10.7. The number of nitrogens with zero attached hydrogens (tertiary/aromatic N) is 2. The molecule has 0 unspecified atom stereocenters. The molecule has 1 heterocycles. The van der Waals surface area contributed by atoms with E-state index < -0.39 is 4.92 Å². The average molecular weight is 428 g/mol. The molecule has 0 saturated heterocycles. The van der Waals surface area contributed by atoms with Gasteiger partial charge in [-0.1, -0.05) is 0 Å². The fraction of sp³-hybridized carbons (Fsp3) is 0.435. The van der Waals surface area contributed by atoms with Gasteiger partial charge in [0.25, 0.3) is 5.69 Å². The second-order valence-corrected chi connectivity index (χ2v) is 7.33. The number of hydrogen-bond acceptors (Lipinski definition) is 6. The third-order valence-corrected chi connectivity index (χ3v) is 5.21. The van der Waals surface area contributed by atoms with Crippen LogP contribution >= 0.6 is 0 Å². The highest BCUT2D eigenvalue weighted by Gasteiger charge is 2.22. The van der Waals surface area contributed by atoms with Crippen LogP contribution in [0.5, 0.6) is 11.5 Å². The van der Waals surface area contributed by atoms with Gasteiger partial charge in [-0.3, -0.25) is 14.9 Å². The van der Waals surface area contributed by atoms with Gasteiger partial charge in [0, 0.05) is 43.9 Å². The molecule has 0 aliphatic carbocycles. The zero-order valence-electron chi connectivity index (χ0n) is 18.1. The van der Waals surface area contributed by atoms with Crippen molar-refractivity contribution in [2.75, 3.05) is 31.6 Å². The molecule has 31 heavy (non-hydrogen) atoms. The highest BCUT2D eigenvalue weighted by Crippen LogP contribution is 2.34. The fourth-order valence-corrected chi connectivity index (χ4v) is 3.65. The molecule has 0 aromatic heterocycles. The first-order valence-electron chi connectivity index (χ1n) is 10.7. The topological polar surface area (TPSA) is 93.9 Å². The molecule has 0 radical (unpaired) electrons. The molecular weight excluding hydrogens is 398 g/mol. The number of carbonyl (C=O) groups excluding carboxylic acids is 1. The quantitative estimate of drug-likeness (QED) is 0.347. The molecule has 2 aromatic rings. The summed E-state index contributed by atoms with van der Waals surface area (Å²) in [6.07, 6.45) is 1.94. The Morgan fingerprint density at radius 3 is 2.35 bits per heavy atom. The number of non-ortho nitro benzene ring substituents is 1. The molecule has 1 N–H and O–H groups in total. The molecule has 1 aliphatic rings. The van der Waals surface area contributed by atoms with Gasteiger partial charge in [0.1, 0.15) is 0 Å². The summed E-state index contributed by atoms with van der Waals surface area (Å²) >= 11 is 0. The Balaban J connectivity index is 1.51. The number of amides is 1. The zero-order chi connectivity index (χ0) is 22.2. The summed E-state index contributed by atoms with van der Waals surface area (Å²) in [4.78, 5) is 24.9. The van der Waals surface area contributed by atoms with E-state index in [1.165, 1.54) is 17.7 Å².